The first-order chi connectivity index (χ1) is 15.0. The number of hydrogen-bond acceptors (Lipinski definition) is 4. The summed E-state index contributed by atoms with van der Waals surface area (Å²) in [5.74, 6) is 0.686. The Bertz CT molecular complexity index is 908. The van der Waals surface area contributed by atoms with Gasteiger partial charge in [0.15, 0.2) is 0 Å². The SMILES string of the molecule is C[C@]12CCC[C@]3(CO3)[C@@H]1C[C@@H]1[C@H](CN3CC=C(c4ccc(F)cc4)CC3)C(=O)O[C@@H]1C2. The van der Waals surface area contributed by atoms with Gasteiger partial charge in [0.1, 0.15) is 11.9 Å². The molecule has 4 nitrogen and oxygen atoms in total. The van der Waals surface area contributed by atoms with Crippen molar-refractivity contribution >= 4 is 11.5 Å². The molecule has 1 aromatic carbocycles. The summed E-state index contributed by atoms with van der Waals surface area (Å²) in [6, 6.07) is 6.76. The van der Waals surface area contributed by atoms with Crippen molar-refractivity contribution in [3.05, 3.63) is 41.7 Å². The van der Waals surface area contributed by atoms with Gasteiger partial charge in [0, 0.05) is 25.6 Å². The number of esters is 1. The molecule has 6 atom stereocenters. The molecule has 2 aliphatic carbocycles. The minimum atomic E-state index is -0.198. The zero-order valence-electron chi connectivity index (χ0n) is 18.3. The Morgan fingerprint density at radius 2 is 2.03 bits per heavy atom. The van der Waals surface area contributed by atoms with E-state index in [2.05, 4.69) is 17.9 Å². The Hall–Kier alpha value is -1.72. The molecular weight excluding hydrogens is 393 g/mol. The number of benzene rings is 1. The van der Waals surface area contributed by atoms with Crippen LogP contribution in [0.25, 0.3) is 5.57 Å². The van der Waals surface area contributed by atoms with Gasteiger partial charge in [-0.3, -0.25) is 9.69 Å². The summed E-state index contributed by atoms with van der Waals surface area (Å²) in [6.07, 6.45) is 8.98. The number of halogens is 1. The van der Waals surface area contributed by atoms with E-state index >= 15 is 0 Å². The van der Waals surface area contributed by atoms with Crippen molar-refractivity contribution in [1.82, 2.24) is 4.90 Å². The smallest absolute Gasteiger partial charge is 0.310 e. The monoisotopic (exact) mass is 425 g/mol. The van der Waals surface area contributed by atoms with Crippen molar-refractivity contribution in [2.45, 2.75) is 57.2 Å². The first-order valence-corrected chi connectivity index (χ1v) is 12.0. The highest BCUT2D eigenvalue weighted by Gasteiger charge is 2.65. The predicted molar refractivity (Wildman–Crippen MR) is 116 cm³/mol. The fourth-order valence-electron chi connectivity index (χ4n) is 7.25. The summed E-state index contributed by atoms with van der Waals surface area (Å²) in [7, 11) is 0. The van der Waals surface area contributed by atoms with Crippen LogP contribution in [-0.2, 0) is 14.3 Å². The van der Waals surface area contributed by atoms with Gasteiger partial charge in [-0.2, -0.15) is 0 Å². The molecule has 31 heavy (non-hydrogen) atoms. The molecular formula is C26H32FNO3. The van der Waals surface area contributed by atoms with Crippen LogP contribution in [0.15, 0.2) is 30.3 Å². The van der Waals surface area contributed by atoms with Gasteiger partial charge in [0.05, 0.1) is 18.1 Å². The van der Waals surface area contributed by atoms with Crippen molar-refractivity contribution in [2.75, 3.05) is 26.2 Å². The number of rotatable bonds is 3. The fraction of sp³-hybridized carbons (Fsp3) is 0.654. The van der Waals surface area contributed by atoms with E-state index in [1.807, 2.05) is 12.1 Å². The second-order valence-corrected chi connectivity index (χ2v) is 10.8. The zero-order chi connectivity index (χ0) is 21.2. The van der Waals surface area contributed by atoms with Crippen LogP contribution in [0.1, 0.15) is 51.0 Å². The van der Waals surface area contributed by atoms with Gasteiger partial charge in [0.25, 0.3) is 0 Å². The van der Waals surface area contributed by atoms with Crippen molar-refractivity contribution in [1.29, 1.82) is 0 Å². The van der Waals surface area contributed by atoms with Crippen LogP contribution in [0, 0.1) is 29.0 Å². The molecule has 3 aliphatic heterocycles. The Labute approximate surface area is 183 Å². The van der Waals surface area contributed by atoms with Crippen LogP contribution in [0.5, 0.6) is 0 Å². The Morgan fingerprint density at radius 3 is 2.74 bits per heavy atom. The molecule has 0 radical (unpaired) electrons. The van der Waals surface area contributed by atoms with Gasteiger partial charge >= 0.3 is 5.97 Å². The maximum Gasteiger partial charge on any atom is 0.310 e. The lowest BCUT2D eigenvalue weighted by Crippen LogP contribution is -2.51. The summed E-state index contributed by atoms with van der Waals surface area (Å²) < 4.78 is 25.2. The molecule has 166 valence electrons. The molecule has 2 saturated heterocycles. The molecule has 5 aliphatic rings. The molecule has 0 bridgehead atoms. The van der Waals surface area contributed by atoms with Crippen molar-refractivity contribution in [3.8, 4) is 0 Å². The molecule has 0 N–H and O–H groups in total. The van der Waals surface area contributed by atoms with Crippen molar-refractivity contribution < 1.29 is 18.7 Å². The number of hydrogen-bond donors (Lipinski definition) is 0. The number of nitrogens with zero attached hydrogens (tertiary/aromatic N) is 1. The van der Waals surface area contributed by atoms with Crippen molar-refractivity contribution in [2.24, 2.45) is 23.2 Å². The van der Waals surface area contributed by atoms with Gasteiger partial charge in [-0.1, -0.05) is 25.1 Å². The molecule has 4 fully saturated rings. The molecule has 5 heteroatoms. The van der Waals surface area contributed by atoms with Crippen LogP contribution in [0.2, 0.25) is 0 Å². The quantitative estimate of drug-likeness (QED) is 0.530. The summed E-state index contributed by atoms with van der Waals surface area (Å²) in [4.78, 5) is 15.3. The average molecular weight is 426 g/mol. The number of carbonyl (C=O) groups excluding carboxylic acids is 1. The van der Waals surface area contributed by atoms with Crippen LogP contribution in [-0.4, -0.2) is 48.8 Å². The lowest BCUT2D eigenvalue weighted by Gasteiger charge is -2.51. The number of carbonyl (C=O) groups is 1. The molecule has 1 aromatic rings. The van der Waals surface area contributed by atoms with Gasteiger partial charge in [0.2, 0.25) is 0 Å². The topological polar surface area (TPSA) is 42.1 Å². The average Bonchev–Trinajstić information content (AvgIpc) is 3.46. The molecule has 0 unspecified atom stereocenters. The summed E-state index contributed by atoms with van der Waals surface area (Å²) in [5, 5.41) is 0. The molecule has 0 amide bonds. The van der Waals surface area contributed by atoms with Crippen LogP contribution in [0.4, 0.5) is 4.39 Å². The summed E-state index contributed by atoms with van der Waals surface area (Å²) in [6.45, 7) is 5.86. The summed E-state index contributed by atoms with van der Waals surface area (Å²) >= 11 is 0. The number of epoxide rings is 1. The van der Waals surface area contributed by atoms with E-state index in [0.29, 0.717) is 11.8 Å². The molecule has 6 rings (SSSR count). The van der Waals surface area contributed by atoms with E-state index in [1.54, 1.807) is 0 Å². The van der Waals surface area contributed by atoms with E-state index in [0.717, 1.165) is 51.1 Å². The maximum absolute atomic E-state index is 13.2. The van der Waals surface area contributed by atoms with Crippen molar-refractivity contribution in [3.63, 3.8) is 0 Å². The highest BCUT2D eigenvalue weighted by Crippen LogP contribution is 2.62. The van der Waals surface area contributed by atoms with E-state index in [1.165, 1.54) is 37.0 Å². The third-order valence-corrected chi connectivity index (χ3v) is 9.04. The minimum Gasteiger partial charge on any atom is -0.462 e. The van der Waals surface area contributed by atoms with Gasteiger partial charge in [-0.05, 0) is 73.1 Å². The van der Waals surface area contributed by atoms with Crippen LogP contribution in [0.3, 0.4) is 0 Å². The predicted octanol–water partition coefficient (Wildman–Crippen LogP) is 4.44. The van der Waals surface area contributed by atoms with Crippen LogP contribution >= 0.6 is 0 Å². The Morgan fingerprint density at radius 1 is 1.23 bits per heavy atom. The molecule has 0 aromatic heterocycles. The lowest BCUT2D eigenvalue weighted by molar-refractivity contribution is -0.147. The fourth-order valence-corrected chi connectivity index (χ4v) is 7.25. The maximum atomic E-state index is 13.2. The zero-order valence-corrected chi connectivity index (χ0v) is 18.3. The van der Waals surface area contributed by atoms with E-state index < -0.39 is 0 Å². The summed E-state index contributed by atoms with van der Waals surface area (Å²) in [5.41, 5.74) is 2.72. The second-order valence-electron chi connectivity index (χ2n) is 10.8. The highest BCUT2D eigenvalue weighted by atomic mass is 19.1. The minimum absolute atomic E-state index is 0.0105. The number of ether oxygens (including phenoxy) is 2. The van der Waals surface area contributed by atoms with Gasteiger partial charge in [-0.25, -0.2) is 4.39 Å². The Balaban J connectivity index is 1.15. The third-order valence-electron chi connectivity index (χ3n) is 9.04. The molecule has 2 saturated carbocycles. The third kappa shape index (κ3) is 3.36. The van der Waals surface area contributed by atoms with E-state index in [4.69, 9.17) is 9.47 Å². The first-order valence-electron chi connectivity index (χ1n) is 12.0. The normalized spacial score (nSPS) is 42.0. The first kappa shape index (κ1) is 19.9. The van der Waals surface area contributed by atoms with Crippen LogP contribution < -0.4 is 0 Å². The molecule has 1 spiro atoms. The lowest BCUT2D eigenvalue weighted by atomic mass is 9.53. The Kier molecular flexibility index (Phi) is 4.59. The highest BCUT2D eigenvalue weighted by molar-refractivity contribution is 5.76. The van der Waals surface area contributed by atoms with E-state index in [9.17, 15) is 9.18 Å². The largest absolute Gasteiger partial charge is 0.462 e. The molecule has 3 heterocycles. The number of fused-ring (bicyclic) bond motifs is 3. The standard InChI is InChI=1S/C26H32FNO3/c1-25-9-2-10-26(16-30-26)23(25)13-20-21(24(29)31-22(20)14-25)15-28-11-7-18(8-12-28)17-3-5-19(27)6-4-17/h3-7,20-23H,2,8-16H2,1H3/t20-,21+,22-,23-,25-,26+/m1/s1. The second kappa shape index (κ2) is 7.14. The van der Waals surface area contributed by atoms with Gasteiger partial charge < -0.3 is 9.47 Å². The van der Waals surface area contributed by atoms with Gasteiger partial charge in [-0.15, -0.1) is 0 Å². The van der Waals surface area contributed by atoms with E-state index in [-0.39, 0.29) is 34.8 Å².